The molecule has 0 aliphatic rings. The van der Waals surface area contributed by atoms with Crippen LogP contribution < -0.4 is 9.47 Å². The number of rotatable bonds is 6. The van der Waals surface area contributed by atoms with Gasteiger partial charge in [0.2, 0.25) is 17.4 Å². The summed E-state index contributed by atoms with van der Waals surface area (Å²) in [5.41, 5.74) is -1.43. The molecular weight excluding hydrogens is 480 g/mol. The van der Waals surface area contributed by atoms with Crippen molar-refractivity contribution < 1.29 is 41.4 Å². The molecule has 0 aromatic heterocycles. The summed E-state index contributed by atoms with van der Waals surface area (Å²) >= 11 is 0. The number of carbonyl (C=O) groups is 3. The highest BCUT2D eigenvalue weighted by Gasteiger charge is 2.29. The lowest BCUT2D eigenvalue weighted by molar-refractivity contribution is 0.0718. The third-order valence-electron chi connectivity index (χ3n) is 5.00. The van der Waals surface area contributed by atoms with Gasteiger partial charge < -0.3 is 9.47 Å². The van der Waals surface area contributed by atoms with Gasteiger partial charge >= 0.3 is 11.9 Å². The second kappa shape index (κ2) is 10.2. The summed E-state index contributed by atoms with van der Waals surface area (Å²) in [4.78, 5) is 38.2. The molecule has 5 nitrogen and oxygen atoms in total. The molecule has 0 fully saturated rings. The van der Waals surface area contributed by atoms with Crippen LogP contribution in [0.1, 0.15) is 36.6 Å². The molecule has 4 rings (SSSR count). The number of ether oxygens (including phenoxy) is 2. The Hall–Kier alpha value is -4.79. The molecule has 4 aromatic carbocycles. The molecule has 0 saturated carbocycles. The van der Waals surface area contributed by atoms with Crippen molar-refractivity contribution in [1.29, 1.82) is 0 Å². The first kappa shape index (κ1) is 24.3. The lowest BCUT2D eigenvalue weighted by Crippen LogP contribution is -2.17. The fourth-order valence-electron chi connectivity index (χ4n) is 3.22. The number of esters is 2. The van der Waals surface area contributed by atoms with Gasteiger partial charge in [-0.2, -0.15) is 8.78 Å². The lowest BCUT2D eigenvalue weighted by atomic mass is 10.0. The Morgan fingerprint density at radius 1 is 0.500 bits per heavy atom. The molecule has 0 aliphatic carbocycles. The molecule has 0 aliphatic heterocycles. The highest BCUT2D eigenvalue weighted by Crippen LogP contribution is 2.33. The van der Waals surface area contributed by atoms with Gasteiger partial charge in [-0.25, -0.2) is 18.4 Å². The normalized spacial score (nSPS) is 10.6. The molecular formula is C27H14F4O5. The maximum absolute atomic E-state index is 14.7. The summed E-state index contributed by atoms with van der Waals surface area (Å²) in [5, 5.41) is 0. The minimum Gasteiger partial charge on any atom is -0.419 e. The first-order chi connectivity index (χ1) is 17.3. The molecule has 0 bridgehead atoms. The van der Waals surface area contributed by atoms with Gasteiger partial charge in [0, 0.05) is 0 Å². The Morgan fingerprint density at radius 3 is 1.22 bits per heavy atom. The third kappa shape index (κ3) is 4.85. The molecule has 0 N–H and O–H groups in total. The minimum absolute atomic E-state index is 0.0233. The van der Waals surface area contributed by atoms with E-state index in [9.17, 15) is 31.9 Å². The fourth-order valence-corrected chi connectivity index (χ4v) is 3.22. The van der Waals surface area contributed by atoms with Gasteiger partial charge in [0.15, 0.2) is 23.1 Å². The first-order valence-electron chi connectivity index (χ1n) is 10.3. The van der Waals surface area contributed by atoms with Crippen LogP contribution in [0.5, 0.6) is 11.5 Å². The number of hydrogen-bond donors (Lipinski definition) is 0. The summed E-state index contributed by atoms with van der Waals surface area (Å²) in [6, 6.07) is 17.4. The highest BCUT2D eigenvalue weighted by molar-refractivity contribution is 6.13. The van der Waals surface area contributed by atoms with E-state index in [1.807, 2.05) is 0 Å². The van der Waals surface area contributed by atoms with E-state index in [2.05, 4.69) is 0 Å². The van der Waals surface area contributed by atoms with Crippen molar-refractivity contribution in [3.05, 3.63) is 130 Å². The maximum atomic E-state index is 14.7. The highest BCUT2D eigenvalue weighted by atomic mass is 19.2. The van der Waals surface area contributed by atoms with Crippen molar-refractivity contribution in [2.45, 2.75) is 0 Å². The zero-order valence-electron chi connectivity index (χ0n) is 18.1. The summed E-state index contributed by atoms with van der Waals surface area (Å²) in [6.45, 7) is 0. The average Bonchev–Trinajstić information content (AvgIpc) is 2.90. The Morgan fingerprint density at radius 2 is 0.861 bits per heavy atom. The van der Waals surface area contributed by atoms with Crippen molar-refractivity contribution in [2.24, 2.45) is 0 Å². The van der Waals surface area contributed by atoms with Gasteiger partial charge in [-0.15, -0.1) is 0 Å². The predicted molar refractivity (Wildman–Crippen MR) is 119 cm³/mol. The van der Waals surface area contributed by atoms with Crippen LogP contribution in [0.4, 0.5) is 17.6 Å². The van der Waals surface area contributed by atoms with E-state index in [-0.39, 0.29) is 11.1 Å². The number of carbonyl (C=O) groups excluding carboxylic acids is 3. The van der Waals surface area contributed by atoms with Crippen LogP contribution in [0.2, 0.25) is 0 Å². The van der Waals surface area contributed by atoms with Crippen LogP contribution in [-0.4, -0.2) is 17.7 Å². The quantitative estimate of drug-likeness (QED) is 0.144. The van der Waals surface area contributed by atoms with E-state index in [4.69, 9.17) is 9.47 Å². The second-order valence-electron chi connectivity index (χ2n) is 7.32. The summed E-state index contributed by atoms with van der Waals surface area (Å²) in [7, 11) is 0. The van der Waals surface area contributed by atoms with Crippen molar-refractivity contribution in [1.82, 2.24) is 0 Å². The SMILES string of the molecule is O=C(Oc1c(C(=O)c2ccc(F)c(F)c2OC(=O)c2ccccc2)ccc(F)c1F)c1ccccc1. The first-order valence-corrected chi connectivity index (χ1v) is 10.3. The number of ketones is 1. The van der Waals surface area contributed by atoms with Crippen molar-refractivity contribution >= 4 is 17.7 Å². The molecule has 0 radical (unpaired) electrons. The molecule has 0 unspecified atom stereocenters. The van der Waals surface area contributed by atoms with E-state index >= 15 is 0 Å². The Bertz CT molecular complexity index is 1360. The number of halogens is 4. The predicted octanol–water partition coefficient (Wildman–Crippen LogP) is 5.91. The molecule has 0 amide bonds. The minimum atomic E-state index is -1.66. The molecule has 0 saturated heterocycles. The van der Waals surface area contributed by atoms with Crippen LogP contribution in [0.15, 0.2) is 84.9 Å². The van der Waals surface area contributed by atoms with Crippen LogP contribution in [0, 0.1) is 23.3 Å². The molecule has 0 heterocycles. The van der Waals surface area contributed by atoms with Gasteiger partial charge in [0.1, 0.15) is 0 Å². The van der Waals surface area contributed by atoms with Crippen LogP contribution in [0.3, 0.4) is 0 Å². The van der Waals surface area contributed by atoms with Crippen LogP contribution in [-0.2, 0) is 0 Å². The van der Waals surface area contributed by atoms with Gasteiger partial charge in [-0.1, -0.05) is 36.4 Å². The lowest BCUT2D eigenvalue weighted by Gasteiger charge is -2.14. The largest absolute Gasteiger partial charge is 0.419 e. The van der Waals surface area contributed by atoms with Crippen molar-refractivity contribution in [3.8, 4) is 11.5 Å². The molecule has 9 heteroatoms. The van der Waals surface area contributed by atoms with E-state index < -0.39 is 63.6 Å². The average molecular weight is 494 g/mol. The van der Waals surface area contributed by atoms with Crippen molar-refractivity contribution in [2.75, 3.05) is 0 Å². The topological polar surface area (TPSA) is 69.7 Å². The molecule has 0 spiro atoms. The van der Waals surface area contributed by atoms with Gasteiger partial charge in [0.05, 0.1) is 22.3 Å². The number of hydrogen-bond acceptors (Lipinski definition) is 5. The summed E-state index contributed by atoms with van der Waals surface area (Å²) in [5.74, 6) is -11.7. The van der Waals surface area contributed by atoms with Gasteiger partial charge in [-0.3, -0.25) is 4.79 Å². The zero-order valence-corrected chi connectivity index (χ0v) is 18.1. The fraction of sp³-hybridized carbons (Fsp3) is 0. The number of benzene rings is 4. The molecule has 36 heavy (non-hydrogen) atoms. The third-order valence-corrected chi connectivity index (χ3v) is 5.00. The molecule has 4 aromatic rings. The zero-order chi connectivity index (χ0) is 25.8. The van der Waals surface area contributed by atoms with Crippen LogP contribution in [0.25, 0.3) is 0 Å². The second-order valence-corrected chi connectivity index (χ2v) is 7.32. The monoisotopic (exact) mass is 494 g/mol. The van der Waals surface area contributed by atoms with Gasteiger partial charge in [0.25, 0.3) is 0 Å². The molecule has 0 atom stereocenters. The molecule has 180 valence electrons. The van der Waals surface area contributed by atoms with E-state index in [1.54, 1.807) is 12.1 Å². The van der Waals surface area contributed by atoms with E-state index in [0.29, 0.717) is 12.1 Å². The summed E-state index contributed by atoms with van der Waals surface area (Å²) < 4.78 is 67.2. The van der Waals surface area contributed by atoms with E-state index in [0.717, 1.165) is 12.1 Å². The Labute approximate surface area is 201 Å². The van der Waals surface area contributed by atoms with Crippen molar-refractivity contribution in [3.63, 3.8) is 0 Å². The van der Waals surface area contributed by atoms with Crippen LogP contribution >= 0.6 is 0 Å². The Kier molecular flexibility index (Phi) is 6.91. The summed E-state index contributed by atoms with van der Waals surface area (Å²) in [6.07, 6.45) is 0. The van der Waals surface area contributed by atoms with E-state index in [1.165, 1.54) is 48.5 Å². The van der Waals surface area contributed by atoms with Gasteiger partial charge in [-0.05, 0) is 48.5 Å². The smallest absolute Gasteiger partial charge is 0.343 e. The Balaban J connectivity index is 1.77. The maximum Gasteiger partial charge on any atom is 0.343 e. The standard InChI is InChI=1S/C27H14F4O5/c28-19-13-11-17(24(21(19)30)35-26(33)15-7-3-1-4-8-15)23(32)18-12-14-20(29)22(31)25(18)36-27(34)16-9-5-2-6-10-16/h1-14H.